The van der Waals surface area contributed by atoms with Crippen LogP contribution >= 0.6 is 23.2 Å². The summed E-state index contributed by atoms with van der Waals surface area (Å²) in [5, 5.41) is 10.4. The molecule has 0 saturated carbocycles. The summed E-state index contributed by atoms with van der Waals surface area (Å²) in [6.07, 6.45) is 1.39. The third kappa shape index (κ3) is 5.88. The van der Waals surface area contributed by atoms with Crippen molar-refractivity contribution >= 4 is 29.2 Å². The van der Waals surface area contributed by atoms with Crippen LogP contribution in [-0.4, -0.2) is 39.8 Å². The van der Waals surface area contributed by atoms with Crippen molar-refractivity contribution in [1.29, 1.82) is 0 Å². The van der Waals surface area contributed by atoms with Crippen LogP contribution in [0.25, 0.3) is 11.3 Å². The van der Waals surface area contributed by atoms with Gasteiger partial charge in [0, 0.05) is 34.1 Å². The molecule has 0 aliphatic carbocycles. The van der Waals surface area contributed by atoms with Crippen LogP contribution in [0.5, 0.6) is 11.6 Å². The number of aliphatic carboxylic acids is 1. The minimum absolute atomic E-state index is 0.145. The van der Waals surface area contributed by atoms with Gasteiger partial charge in [0.25, 0.3) is 0 Å². The number of hydrogen-bond donors (Lipinski definition) is 2. The zero-order chi connectivity index (χ0) is 23.3. The van der Waals surface area contributed by atoms with Crippen LogP contribution in [0.2, 0.25) is 10.0 Å². The second kappa shape index (κ2) is 10.2. The second-order valence-electron chi connectivity index (χ2n) is 7.60. The molecule has 7 nitrogen and oxygen atoms in total. The second-order valence-corrected chi connectivity index (χ2v) is 8.44. The van der Waals surface area contributed by atoms with E-state index < -0.39 is 11.6 Å². The number of halogens is 2. The maximum absolute atomic E-state index is 11.3. The number of aromatic nitrogens is 2. The number of benzene rings is 2. The smallest absolute Gasteiger partial charge is 0.347 e. The van der Waals surface area contributed by atoms with Crippen LogP contribution in [-0.2, 0) is 4.79 Å². The van der Waals surface area contributed by atoms with E-state index in [9.17, 15) is 9.90 Å². The molecule has 0 saturated heterocycles. The molecular weight excluding hydrogens is 453 g/mol. The first-order valence-corrected chi connectivity index (χ1v) is 10.6. The molecule has 0 bridgehead atoms. The van der Waals surface area contributed by atoms with Gasteiger partial charge >= 0.3 is 5.97 Å². The van der Waals surface area contributed by atoms with Gasteiger partial charge in [-0.05, 0) is 43.7 Å². The molecule has 1 heterocycles. The molecule has 0 spiro atoms. The largest absolute Gasteiger partial charge is 0.478 e. The lowest BCUT2D eigenvalue weighted by Crippen LogP contribution is -2.37. The molecule has 0 fully saturated rings. The molecule has 3 aromatic rings. The van der Waals surface area contributed by atoms with Gasteiger partial charge < -0.3 is 20.3 Å². The first kappa shape index (κ1) is 23.8. The first-order chi connectivity index (χ1) is 15.2. The van der Waals surface area contributed by atoms with Crippen LogP contribution in [0.15, 0.2) is 54.9 Å². The Labute approximate surface area is 196 Å². The fraction of sp³-hybridized carbons (Fsp3) is 0.261. The zero-order valence-electron chi connectivity index (χ0n) is 17.6. The Balaban J connectivity index is 1.75. The van der Waals surface area contributed by atoms with Crippen LogP contribution in [0, 0.1) is 0 Å². The van der Waals surface area contributed by atoms with Gasteiger partial charge in [0.1, 0.15) is 12.1 Å². The molecule has 9 heteroatoms. The summed E-state index contributed by atoms with van der Waals surface area (Å²) in [4.78, 5) is 19.8. The molecule has 0 aliphatic heterocycles. The Morgan fingerprint density at radius 3 is 2.62 bits per heavy atom. The predicted octanol–water partition coefficient (Wildman–Crippen LogP) is 4.81. The van der Waals surface area contributed by atoms with Crippen molar-refractivity contribution in [3.63, 3.8) is 0 Å². The van der Waals surface area contributed by atoms with Crippen LogP contribution in [0.1, 0.15) is 25.3 Å². The number of ether oxygens (including phenoxy) is 2. The van der Waals surface area contributed by atoms with Gasteiger partial charge in [0.05, 0.1) is 12.3 Å². The van der Waals surface area contributed by atoms with Gasteiger partial charge in [0.2, 0.25) is 5.88 Å². The van der Waals surface area contributed by atoms with Crippen molar-refractivity contribution in [1.82, 2.24) is 9.97 Å². The number of hydrogen-bond acceptors (Lipinski definition) is 6. The lowest BCUT2D eigenvalue weighted by molar-refractivity contribution is -0.152. The summed E-state index contributed by atoms with van der Waals surface area (Å²) in [5.74, 6) is -0.420. The van der Waals surface area contributed by atoms with Gasteiger partial charge in [-0.3, -0.25) is 0 Å². The Morgan fingerprint density at radius 2 is 1.94 bits per heavy atom. The van der Waals surface area contributed by atoms with Crippen molar-refractivity contribution < 1.29 is 19.4 Å². The first-order valence-electron chi connectivity index (χ1n) is 9.82. The monoisotopic (exact) mass is 475 g/mol. The SMILES string of the molecule is CC(C)(Oc1cccc(-c2cc(OCC(CN)c3ccc(Cl)cc3Cl)ncn2)c1)C(=O)O. The van der Waals surface area contributed by atoms with E-state index in [-0.39, 0.29) is 12.5 Å². The fourth-order valence-electron chi connectivity index (χ4n) is 2.94. The minimum Gasteiger partial charge on any atom is -0.478 e. The number of nitrogens with zero attached hydrogens (tertiary/aromatic N) is 2. The van der Waals surface area contributed by atoms with Crippen LogP contribution in [0.3, 0.4) is 0 Å². The van der Waals surface area contributed by atoms with E-state index in [1.807, 2.05) is 12.1 Å². The maximum atomic E-state index is 11.3. The summed E-state index contributed by atoms with van der Waals surface area (Å²) < 4.78 is 11.5. The molecule has 1 unspecified atom stereocenters. The Kier molecular flexibility index (Phi) is 7.56. The quantitative estimate of drug-likeness (QED) is 0.456. The molecule has 168 valence electrons. The summed E-state index contributed by atoms with van der Waals surface area (Å²) in [6, 6.07) is 14.0. The molecule has 0 aliphatic rings. The molecular formula is C23H23Cl2N3O4. The third-order valence-corrected chi connectivity index (χ3v) is 5.34. The normalized spacial score (nSPS) is 12.3. The molecule has 0 radical (unpaired) electrons. The van der Waals surface area contributed by atoms with Crippen LogP contribution < -0.4 is 15.2 Å². The molecule has 1 aromatic heterocycles. The molecule has 3 N–H and O–H groups in total. The van der Waals surface area contributed by atoms with Gasteiger partial charge in [0.15, 0.2) is 5.60 Å². The Bertz CT molecular complexity index is 1110. The summed E-state index contributed by atoms with van der Waals surface area (Å²) in [6.45, 7) is 3.57. The van der Waals surface area contributed by atoms with Crippen molar-refractivity contribution in [2.24, 2.45) is 5.73 Å². The molecule has 2 aromatic carbocycles. The molecule has 0 amide bonds. The average Bonchev–Trinajstić information content (AvgIpc) is 2.75. The fourth-order valence-corrected chi connectivity index (χ4v) is 3.50. The Morgan fingerprint density at radius 1 is 1.16 bits per heavy atom. The lowest BCUT2D eigenvalue weighted by Gasteiger charge is -2.21. The van der Waals surface area contributed by atoms with Crippen molar-refractivity contribution in [2.75, 3.05) is 13.2 Å². The summed E-state index contributed by atoms with van der Waals surface area (Å²) in [5.41, 5.74) is 6.74. The van der Waals surface area contributed by atoms with Gasteiger partial charge in [-0.2, -0.15) is 0 Å². The van der Waals surface area contributed by atoms with E-state index in [2.05, 4.69) is 9.97 Å². The van der Waals surface area contributed by atoms with Gasteiger partial charge in [-0.1, -0.05) is 41.4 Å². The number of carboxylic acids is 1. The molecule has 32 heavy (non-hydrogen) atoms. The maximum Gasteiger partial charge on any atom is 0.347 e. The summed E-state index contributed by atoms with van der Waals surface area (Å²) in [7, 11) is 0. The van der Waals surface area contributed by atoms with E-state index in [1.165, 1.54) is 20.2 Å². The highest BCUT2D eigenvalue weighted by Gasteiger charge is 2.29. The summed E-state index contributed by atoms with van der Waals surface area (Å²) >= 11 is 12.3. The average molecular weight is 476 g/mol. The van der Waals surface area contributed by atoms with Crippen molar-refractivity contribution in [3.8, 4) is 22.9 Å². The van der Waals surface area contributed by atoms with Gasteiger partial charge in [-0.15, -0.1) is 0 Å². The highest BCUT2D eigenvalue weighted by atomic mass is 35.5. The van der Waals surface area contributed by atoms with E-state index in [0.29, 0.717) is 33.9 Å². The molecule has 3 rings (SSSR count). The highest BCUT2D eigenvalue weighted by molar-refractivity contribution is 6.35. The number of carbonyl (C=O) groups is 1. The minimum atomic E-state index is -1.36. The number of rotatable bonds is 9. The lowest BCUT2D eigenvalue weighted by atomic mass is 10.0. The third-order valence-electron chi connectivity index (χ3n) is 4.78. The van der Waals surface area contributed by atoms with E-state index in [4.69, 9.17) is 38.4 Å². The Hall–Kier alpha value is -2.87. The highest BCUT2D eigenvalue weighted by Crippen LogP contribution is 2.29. The molecule has 1 atom stereocenters. The van der Waals surface area contributed by atoms with Gasteiger partial charge in [-0.25, -0.2) is 14.8 Å². The zero-order valence-corrected chi connectivity index (χ0v) is 19.1. The van der Waals surface area contributed by atoms with Crippen LogP contribution in [0.4, 0.5) is 0 Å². The van der Waals surface area contributed by atoms with E-state index in [1.54, 1.807) is 36.4 Å². The van der Waals surface area contributed by atoms with Crippen molar-refractivity contribution in [3.05, 3.63) is 70.5 Å². The van der Waals surface area contributed by atoms with E-state index in [0.717, 1.165) is 11.1 Å². The number of nitrogens with two attached hydrogens (primary N) is 1. The number of carboxylic acid groups (broad SMARTS) is 1. The topological polar surface area (TPSA) is 108 Å². The van der Waals surface area contributed by atoms with E-state index >= 15 is 0 Å². The predicted molar refractivity (Wildman–Crippen MR) is 124 cm³/mol. The standard InChI is InChI=1S/C23H23Cl2N3O4/c1-23(2,22(29)30)32-17-5-3-4-14(8-17)20-10-21(28-13-27-20)31-12-15(11-26)18-7-6-16(24)9-19(18)25/h3-10,13,15H,11-12,26H2,1-2H3,(H,29,30). The van der Waals surface area contributed by atoms with Crippen molar-refractivity contribution in [2.45, 2.75) is 25.4 Å².